The summed E-state index contributed by atoms with van der Waals surface area (Å²) in [5.74, 6) is -0.0802. The number of hydrogen-bond acceptors (Lipinski definition) is 8. The third kappa shape index (κ3) is 5.89. The van der Waals surface area contributed by atoms with Crippen LogP contribution in [0, 0.1) is 0 Å². The topological polar surface area (TPSA) is 81.2 Å². The van der Waals surface area contributed by atoms with E-state index in [-0.39, 0.29) is 58.2 Å². The minimum absolute atomic E-state index is 0.0401. The second-order valence-corrected chi connectivity index (χ2v) is 9.64. The molecule has 0 aromatic carbocycles. The highest BCUT2D eigenvalue weighted by Gasteiger charge is 2.41. The summed E-state index contributed by atoms with van der Waals surface area (Å²) in [7, 11) is 0. The van der Waals surface area contributed by atoms with E-state index in [1.807, 2.05) is 27.7 Å². The summed E-state index contributed by atoms with van der Waals surface area (Å²) in [4.78, 5) is 57.4. The number of rotatable bonds is 10. The minimum Gasteiger partial charge on any atom is -0.343 e. The third-order valence-electron chi connectivity index (χ3n) is 5.24. The van der Waals surface area contributed by atoms with Gasteiger partial charge >= 0.3 is 0 Å². The van der Waals surface area contributed by atoms with E-state index in [1.165, 1.54) is 9.80 Å². The van der Waals surface area contributed by atoms with Crippen LogP contribution in [-0.2, 0) is 9.59 Å². The fourth-order valence-corrected chi connectivity index (χ4v) is 6.35. The highest BCUT2D eigenvalue weighted by molar-refractivity contribution is 8.23. The Labute approximate surface area is 208 Å². The summed E-state index contributed by atoms with van der Waals surface area (Å²) in [6.45, 7) is 10.4. The Balaban J connectivity index is 2.08. The summed E-state index contributed by atoms with van der Waals surface area (Å²) in [5, 5.41) is -0.563. The number of thiocarbonyl (C=S) groups is 2. The maximum absolute atomic E-state index is 12.5. The standard InChI is InChI=1S/C20H28N4O4S4/c1-5-21(6-2)13(25)9-11-23-17(29)15(31-19(23)27)16-18(30)24(20(28)32-16)12-10-14(26)22(7-3)8-4/h5-12H2,1-4H3. The molecule has 0 radical (unpaired) electrons. The Kier molecular flexibility index (Phi) is 10.1. The molecule has 0 saturated carbocycles. The molecule has 8 nitrogen and oxygen atoms in total. The molecule has 0 aliphatic carbocycles. The molecule has 2 saturated heterocycles. The van der Waals surface area contributed by atoms with Crippen molar-refractivity contribution in [3.63, 3.8) is 0 Å². The number of carbonyl (C=O) groups excluding carboxylic acids is 4. The van der Waals surface area contributed by atoms with Crippen molar-refractivity contribution in [3.8, 4) is 0 Å². The molecular weight excluding hydrogens is 489 g/mol. The molecule has 0 N–H and O–H groups in total. The molecule has 2 fully saturated rings. The summed E-state index contributed by atoms with van der Waals surface area (Å²) < 4.78 is 0. The van der Waals surface area contributed by atoms with Crippen molar-refractivity contribution in [2.24, 2.45) is 0 Å². The first kappa shape index (κ1) is 26.7. The van der Waals surface area contributed by atoms with Crippen molar-refractivity contribution in [1.29, 1.82) is 0 Å². The molecule has 32 heavy (non-hydrogen) atoms. The molecule has 2 heterocycles. The lowest BCUT2D eigenvalue weighted by Crippen LogP contribution is -2.36. The molecule has 176 valence electrons. The maximum Gasteiger partial charge on any atom is 0.291 e. The van der Waals surface area contributed by atoms with Crippen LogP contribution in [0.25, 0.3) is 0 Å². The van der Waals surface area contributed by atoms with Crippen LogP contribution in [-0.4, -0.2) is 91.1 Å². The normalized spacial score (nSPS) is 18.8. The van der Waals surface area contributed by atoms with Crippen LogP contribution < -0.4 is 0 Å². The molecule has 4 amide bonds. The lowest BCUT2D eigenvalue weighted by Gasteiger charge is -2.21. The Morgan fingerprint density at radius 1 is 0.719 bits per heavy atom. The molecular formula is C20H28N4O4S4. The van der Waals surface area contributed by atoms with E-state index in [1.54, 1.807) is 9.80 Å². The van der Waals surface area contributed by atoms with Crippen molar-refractivity contribution < 1.29 is 19.2 Å². The number of carbonyl (C=O) groups is 4. The summed E-state index contributed by atoms with van der Waals surface area (Å²) in [6.07, 6.45) is 0.347. The highest BCUT2D eigenvalue weighted by atomic mass is 32.2. The van der Waals surface area contributed by atoms with Gasteiger partial charge < -0.3 is 9.80 Å². The maximum atomic E-state index is 12.5. The fraction of sp³-hybridized carbons (Fsp3) is 0.600. The van der Waals surface area contributed by atoms with Crippen LogP contribution in [0.3, 0.4) is 0 Å². The van der Waals surface area contributed by atoms with Gasteiger partial charge in [-0.25, -0.2) is 0 Å². The van der Waals surface area contributed by atoms with Crippen molar-refractivity contribution in [3.05, 3.63) is 9.81 Å². The minimum atomic E-state index is -0.282. The fourth-order valence-electron chi connectivity index (χ4n) is 3.34. The van der Waals surface area contributed by atoms with Gasteiger partial charge in [0.25, 0.3) is 10.5 Å². The zero-order valence-electron chi connectivity index (χ0n) is 18.7. The SMILES string of the molecule is CCN(CC)C(=O)CCN1C(=O)SC(=C2SC(=O)N(CCC(=O)N(CC)CC)C2=S)C1=S. The van der Waals surface area contributed by atoms with Crippen molar-refractivity contribution in [2.45, 2.75) is 40.5 Å². The third-order valence-corrected chi connectivity index (χ3v) is 8.47. The lowest BCUT2D eigenvalue weighted by molar-refractivity contribution is -0.131. The first-order valence-corrected chi connectivity index (χ1v) is 13.0. The van der Waals surface area contributed by atoms with Gasteiger partial charge in [-0.1, -0.05) is 24.4 Å². The molecule has 0 spiro atoms. The Bertz CT molecular complexity index is 785. The first-order chi connectivity index (χ1) is 15.2. The Hall–Kier alpha value is -1.50. The summed E-state index contributed by atoms with van der Waals surface area (Å²) in [5.41, 5.74) is 0. The van der Waals surface area contributed by atoms with Crippen LogP contribution in [0.2, 0.25) is 0 Å². The molecule has 0 atom stereocenters. The monoisotopic (exact) mass is 516 g/mol. The lowest BCUT2D eigenvalue weighted by atomic mass is 10.3. The van der Waals surface area contributed by atoms with Crippen LogP contribution in [0.15, 0.2) is 9.81 Å². The quantitative estimate of drug-likeness (QED) is 0.321. The van der Waals surface area contributed by atoms with E-state index in [0.717, 1.165) is 23.5 Å². The van der Waals surface area contributed by atoms with Crippen molar-refractivity contribution in [2.75, 3.05) is 39.3 Å². The number of amides is 4. The Morgan fingerprint density at radius 2 is 1.03 bits per heavy atom. The van der Waals surface area contributed by atoms with Crippen molar-refractivity contribution in [1.82, 2.24) is 19.6 Å². The first-order valence-electron chi connectivity index (χ1n) is 10.6. The van der Waals surface area contributed by atoms with Gasteiger partial charge in [-0.3, -0.25) is 29.0 Å². The zero-order valence-corrected chi connectivity index (χ0v) is 22.0. The van der Waals surface area contributed by atoms with E-state index >= 15 is 0 Å². The van der Waals surface area contributed by atoms with E-state index in [0.29, 0.717) is 36.0 Å². The number of nitrogens with zero attached hydrogens (tertiary/aromatic N) is 4. The van der Waals surface area contributed by atoms with Crippen LogP contribution >= 0.6 is 48.0 Å². The van der Waals surface area contributed by atoms with E-state index in [4.69, 9.17) is 24.4 Å². The molecule has 2 rings (SSSR count). The molecule has 0 unspecified atom stereocenters. The van der Waals surface area contributed by atoms with Gasteiger partial charge in [-0.2, -0.15) is 0 Å². The molecule has 12 heteroatoms. The van der Waals surface area contributed by atoms with Gasteiger partial charge in [-0.15, -0.1) is 0 Å². The zero-order chi connectivity index (χ0) is 24.0. The van der Waals surface area contributed by atoms with Crippen molar-refractivity contribution >= 4 is 80.2 Å². The number of hydrogen-bond donors (Lipinski definition) is 0. The molecule has 2 aliphatic rings. The van der Waals surface area contributed by atoms with E-state index in [2.05, 4.69) is 0 Å². The van der Waals surface area contributed by atoms with Gasteiger partial charge in [0.05, 0.1) is 9.81 Å². The second kappa shape index (κ2) is 12.1. The summed E-state index contributed by atoms with van der Waals surface area (Å²) in [6, 6.07) is 0. The predicted octanol–water partition coefficient (Wildman–Crippen LogP) is 3.71. The van der Waals surface area contributed by atoms with Crippen LogP contribution in [0.5, 0.6) is 0 Å². The highest BCUT2D eigenvalue weighted by Crippen LogP contribution is 2.43. The average molecular weight is 517 g/mol. The Morgan fingerprint density at radius 3 is 1.31 bits per heavy atom. The van der Waals surface area contributed by atoms with Gasteiger partial charge in [0.15, 0.2) is 0 Å². The second-order valence-electron chi connectivity index (χ2n) is 6.94. The summed E-state index contributed by atoms with van der Waals surface area (Å²) >= 11 is 12.8. The molecule has 0 aromatic rings. The van der Waals surface area contributed by atoms with Gasteiger partial charge in [0.2, 0.25) is 11.8 Å². The smallest absolute Gasteiger partial charge is 0.291 e. The van der Waals surface area contributed by atoms with Gasteiger partial charge in [-0.05, 0) is 51.2 Å². The number of thioether (sulfide) groups is 2. The van der Waals surface area contributed by atoms with E-state index < -0.39 is 0 Å². The van der Waals surface area contributed by atoms with E-state index in [9.17, 15) is 19.2 Å². The van der Waals surface area contributed by atoms with Crippen LogP contribution in [0.4, 0.5) is 9.59 Å². The van der Waals surface area contributed by atoms with Crippen LogP contribution in [0.1, 0.15) is 40.5 Å². The largest absolute Gasteiger partial charge is 0.343 e. The molecule has 0 bridgehead atoms. The van der Waals surface area contributed by atoms with Gasteiger partial charge in [0.1, 0.15) is 9.98 Å². The molecule has 2 aliphatic heterocycles. The predicted molar refractivity (Wildman–Crippen MR) is 137 cm³/mol. The molecule has 0 aromatic heterocycles. The average Bonchev–Trinajstić information content (AvgIpc) is 3.20. The van der Waals surface area contributed by atoms with Gasteiger partial charge in [0, 0.05) is 52.1 Å².